The number of ether oxygens (including phenoxy) is 2. The van der Waals surface area contributed by atoms with E-state index in [-0.39, 0.29) is 6.04 Å². The Bertz CT molecular complexity index is 1130. The number of nitrogens with zero attached hydrogens (tertiary/aromatic N) is 2. The van der Waals surface area contributed by atoms with Crippen LogP contribution < -0.4 is 14.4 Å². The Morgan fingerprint density at radius 3 is 2.36 bits per heavy atom. The highest BCUT2D eigenvalue weighted by Crippen LogP contribution is 2.39. The van der Waals surface area contributed by atoms with E-state index < -0.39 is 12.0 Å². The summed E-state index contributed by atoms with van der Waals surface area (Å²) in [7, 11) is 4.03. The molecule has 3 aromatic rings. The normalized spacial score (nSPS) is 16.8. The third-order valence-corrected chi connectivity index (χ3v) is 6.71. The molecule has 0 saturated carbocycles. The van der Waals surface area contributed by atoms with Crippen molar-refractivity contribution in [2.45, 2.75) is 44.9 Å². The molecule has 36 heavy (non-hydrogen) atoms. The van der Waals surface area contributed by atoms with Crippen molar-refractivity contribution in [3.8, 4) is 11.5 Å². The van der Waals surface area contributed by atoms with Crippen LogP contribution in [0.4, 0.5) is 5.69 Å². The molecule has 0 aromatic heterocycles. The molecule has 1 aliphatic heterocycles. The van der Waals surface area contributed by atoms with Gasteiger partial charge in [0.15, 0.2) is 11.5 Å². The third-order valence-electron chi connectivity index (χ3n) is 6.71. The van der Waals surface area contributed by atoms with Gasteiger partial charge in [-0.25, -0.2) is 0 Å². The number of benzene rings is 3. The number of carboxylic acids is 1. The minimum Gasteiger partial charge on any atom is -0.490 e. The lowest BCUT2D eigenvalue weighted by molar-refractivity contribution is -0.145. The van der Waals surface area contributed by atoms with Crippen LogP contribution in [0.25, 0.3) is 0 Å². The van der Waals surface area contributed by atoms with Gasteiger partial charge < -0.3 is 19.5 Å². The van der Waals surface area contributed by atoms with Crippen LogP contribution in [0.1, 0.15) is 48.9 Å². The van der Waals surface area contributed by atoms with Crippen molar-refractivity contribution in [2.75, 3.05) is 32.1 Å². The molecule has 1 heterocycles. The summed E-state index contributed by atoms with van der Waals surface area (Å²) < 4.78 is 12.1. The Morgan fingerprint density at radius 1 is 0.972 bits per heavy atom. The van der Waals surface area contributed by atoms with E-state index in [4.69, 9.17) is 9.47 Å². The van der Waals surface area contributed by atoms with E-state index in [1.807, 2.05) is 69.6 Å². The summed E-state index contributed by atoms with van der Waals surface area (Å²) in [6, 6.07) is 23.7. The monoisotopic (exact) mass is 488 g/mol. The van der Waals surface area contributed by atoms with E-state index in [0.29, 0.717) is 31.1 Å². The van der Waals surface area contributed by atoms with Gasteiger partial charge in [-0.2, -0.15) is 0 Å². The fourth-order valence-corrected chi connectivity index (χ4v) is 4.88. The molecule has 0 aliphatic carbocycles. The number of hydrogen-bond donors (Lipinski definition) is 1. The van der Waals surface area contributed by atoms with Crippen molar-refractivity contribution in [3.05, 3.63) is 89.5 Å². The Balaban J connectivity index is 1.71. The molecule has 4 rings (SSSR count). The molecule has 1 fully saturated rings. The predicted molar refractivity (Wildman–Crippen MR) is 143 cm³/mol. The summed E-state index contributed by atoms with van der Waals surface area (Å²) in [6.07, 6.45) is 2.56. The maximum Gasteiger partial charge on any atom is 0.320 e. The molecule has 0 spiro atoms. The Labute approximate surface area is 214 Å². The molecular weight excluding hydrogens is 452 g/mol. The lowest BCUT2D eigenvalue weighted by Crippen LogP contribution is -2.46. The first-order chi connectivity index (χ1) is 17.5. The molecule has 1 N–H and O–H groups in total. The zero-order valence-corrected chi connectivity index (χ0v) is 21.4. The van der Waals surface area contributed by atoms with Crippen molar-refractivity contribution < 1.29 is 19.4 Å². The zero-order chi connectivity index (χ0) is 25.5. The highest BCUT2D eigenvalue weighted by atomic mass is 16.5. The second-order valence-corrected chi connectivity index (χ2v) is 9.39. The summed E-state index contributed by atoms with van der Waals surface area (Å²) in [5.74, 6) is 0.585. The van der Waals surface area contributed by atoms with Crippen LogP contribution in [-0.2, 0) is 11.4 Å². The minimum absolute atomic E-state index is 0.204. The van der Waals surface area contributed by atoms with E-state index in [1.54, 1.807) is 0 Å². The highest BCUT2D eigenvalue weighted by molar-refractivity contribution is 5.73. The molecule has 1 saturated heterocycles. The van der Waals surface area contributed by atoms with Crippen LogP contribution in [-0.4, -0.2) is 49.3 Å². The van der Waals surface area contributed by atoms with Gasteiger partial charge in [-0.1, -0.05) is 55.0 Å². The van der Waals surface area contributed by atoms with E-state index in [9.17, 15) is 9.90 Å². The Kier molecular flexibility index (Phi) is 8.49. The van der Waals surface area contributed by atoms with Crippen molar-refractivity contribution >= 4 is 11.7 Å². The zero-order valence-electron chi connectivity index (χ0n) is 21.4. The third kappa shape index (κ3) is 6.00. The standard InChI is InChI=1S/C30H36N2O4/c1-4-35-28-20-24(15-18-27(28)36-21-22-10-6-5-7-11-22)29(23-13-16-25(17-14-23)31(2)3)32-19-9-8-12-26(32)30(33)34/h5-7,10-11,13-18,20,26,29H,4,8-9,12,19,21H2,1-3H3,(H,33,34). The van der Waals surface area contributed by atoms with E-state index in [2.05, 4.69) is 34.1 Å². The molecule has 0 amide bonds. The van der Waals surface area contributed by atoms with Crippen LogP contribution in [0.3, 0.4) is 0 Å². The maximum absolute atomic E-state index is 12.2. The largest absolute Gasteiger partial charge is 0.490 e. The molecule has 3 aromatic carbocycles. The summed E-state index contributed by atoms with van der Waals surface area (Å²) in [6.45, 7) is 3.64. The second-order valence-electron chi connectivity index (χ2n) is 9.39. The fraction of sp³-hybridized carbons (Fsp3) is 0.367. The van der Waals surface area contributed by atoms with Gasteiger partial charge in [0, 0.05) is 19.8 Å². The van der Waals surface area contributed by atoms with E-state index >= 15 is 0 Å². The van der Waals surface area contributed by atoms with Crippen LogP contribution in [0.5, 0.6) is 11.5 Å². The van der Waals surface area contributed by atoms with Crippen molar-refractivity contribution in [1.29, 1.82) is 0 Å². The molecule has 6 heteroatoms. The number of piperidine rings is 1. The number of anilines is 1. The predicted octanol–water partition coefficient (Wildman–Crippen LogP) is 5.76. The first-order valence-electron chi connectivity index (χ1n) is 12.7. The van der Waals surface area contributed by atoms with Gasteiger partial charge in [-0.05, 0) is 67.3 Å². The van der Waals surface area contributed by atoms with Crippen molar-refractivity contribution in [2.24, 2.45) is 0 Å². The highest BCUT2D eigenvalue weighted by Gasteiger charge is 2.35. The van der Waals surface area contributed by atoms with Gasteiger partial charge in [-0.3, -0.25) is 9.69 Å². The minimum atomic E-state index is -0.766. The molecule has 2 unspecified atom stereocenters. The lowest BCUT2D eigenvalue weighted by atomic mass is 9.91. The van der Waals surface area contributed by atoms with Gasteiger partial charge >= 0.3 is 5.97 Å². The average Bonchev–Trinajstić information content (AvgIpc) is 2.89. The fourth-order valence-electron chi connectivity index (χ4n) is 4.88. The van der Waals surface area contributed by atoms with Gasteiger partial charge in [0.1, 0.15) is 12.6 Å². The van der Waals surface area contributed by atoms with E-state index in [1.165, 1.54) is 0 Å². The molecule has 190 valence electrons. The summed E-state index contributed by atoms with van der Waals surface area (Å²) >= 11 is 0. The van der Waals surface area contributed by atoms with Gasteiger partial charge in [-0.15, -0.1) is 0 Å². The first kappa shape index (κ1) is 25.6. The number of carboxylic acid groups (broad SMARTS) is 1. The molecule has 6 nitrogen and oxygen atoms in total. The van der Waals surface area contributed by atoms with Gasteiger partial charge in [0.05, 0.1) is 12.6 Å². The molecule has 0 bridgehead atoms. The first-order valence-corrected chi connectivity index (χ1v) is 12.7. The van der Waals surface area contributed by atoms with Crippen molar-refractivity contribution in [1.82, 2.24) is 4.90 Å². The van der Waals surface area contributed by atoms with Gasteiger partial charge in [0.25, 0.3) is 0 Å². The number of hydrogen-bond acceptors (Lipinski definition) is 5. The van der Waals surface area contributed by atoms with Crippen LogP contribution in [0.2, 0.25) is 0 Å². The topological polar surface area (TPSA) is 62.2 Å². The number of aliphatic carboxylic acids is 1. The number of likely N-dealkylation sites (tertiary alicyclic amines) is 1. The van der Waals surface area contributed by atoms with E-state index in [0.717, 1.165) is 41.8 Å². The SMILES string of the molecule is CCOc1cc(C(c2ccc(N(C)C)cc2)N2CCCCC2C(=O)O)ccc1OCc1ccccc1. The molecule has 0 radical (unpaired) electrons. The smallest absolute Gasteiger partial charge is 0.320 e. The quantitative estimate of drug-likeness (QED) is 0.392. The van der Waals surface area contributed by atoms with Gasteiger partial charge in [0.2, 0.25) is 0 Å². The number of carbonyl (C=O) groups is 1. The van der Waals surface area contributed by atoms with Crippen LogP contribution in [0.15, 0.2) is 72.8 Å². The number of rotatable bonds is 10. The summed E-state index contributed by atoms with van der Waals surface area (Å²) in [5, 5.41) is 10.0. The van der Waals surface area contributed by atoms with Crippen molar-refractivity contribution in [3.63, 3.8) is 0 Å². The average molecular weight is 489 g/mol. The summed E-state index contributed by atoms with van der Waals surface area (Å²) in [4.78, 5) is 16.4. The molecule has 2 atom stereocenters. The van der Waals surface area contributed by atoms with Crippen LogP contribution in [0, 0.1) is 0 Å². The Hall–Kier alpha value is -3.51. The molecule has 1 aliphatic rings. The second kappa shape index (κ2) is 12.0. The lowest BCUT2D eigenvalue weighted by Gasteiger charge is -2.40. The Morgan fingerprint density at radius 2 is 1.69 bits per heavy atom. The summed E-state index contributed by atoms with van der Waals surface area (Å²) in [5.41, 5.74) is 4.25. The van der Waals surface area contributed by atoms with Crippen LogP contribution >= 0.6 is 0 Å². The molecular formula is C30H36N2O4. The maximum atomic E-state index is 12.2.